The number of aliphatic hydroxyl groups excluding tert-OH is 5. The first-order valence-electron chi connectivity index (χ1n) is 10.5. The van der Waals surface area contributed by atoms with Crippen LogP contribution >= 0.6 is 0 Å². The van der Waals surface area contributed by atoms with E-state index in [1.165, 1.54) is 26.2 Å². The van der Waals surface area contributed by atoms with Crippen molar-refractivity contribution in [2.75, 3.05) is 33.0 Å². The van der Waals surface area contributed by atoms with Gasteiger partial charge >= 0.3 is 11.8 Å². The molecular weight excluding hydrogens is 400 g/mol. The van der Waals surface area contributed by atoms with E-state index in [1.54, 1.807) is 0 Å². The second-order valence-corrected chi connectivity index (χ2v) is 7.35. The summed E-state index contributed by atoms with van der Waals surface area (Å²) in [6.45, 7) is 2.08. The summed E-state index contributed by atoms with van der Waals surface area (Å²) in [6, 6.07) is 0. The van der Waals surface area contributed by atoms with Crippen LogP contribution in [-0.4, -0.2) is 88.6 Å². The van der Waals surface area contributed by atoms with Gasteiger partial charge in [-0.25, -0.2) is 4.79 Å². The Bertz CT molecular complexity index is 536. The van der Waals surface area contributed by atoms with Crippen LogP contribution in [0.3, 0.4) is 0 Å². The number of rotatable bonds is 17. The fourth-order valence-electron chi connectivity index (χ4n) is 2.90. The zero-order valence-corrected chi connectivity index (χ0v) is 17.8. The second kappa shape index (κ2) is 13.8. The van der Waals surface area contributed by atoms with E-state index in [-0.39, 0.29) is 19.8 Å². The first-order chi connectivity index (χ1) is 14.3. The molecule has 0 aromatic heterocycles. The summed E-state index contributed by atoms with van der Waals surface area (Å²) in [5, 5.41) is 48.5. The second-order valence-electron chi connectivity index (χ2n) is 7.35. The number of carbonyl (C=O) groups is 1. The molecule has 0 aromatic rings. The molecule has 1 rings (SSSR count). The molecule has 4 atom stereocenters. The van der Waals surface area contributed by atoms with E-state index in [9.17, 15) is 30.3 Å². The maximum Gasteiger partial charge on any atom is 0.380 e. The number of aliphatic hydroxyl groups is 5. The monoisotopic (exact) mass is 436 g/mol. The molecule has 0 bridgehead atoms. The summed E-state index contributed by atoms with van der Waals surface area (Å²) in [5.41, 5.74) is 0. The molecule has 10 heteroatoms. The van der Waals surface area contributed by atoms with Gasteiger partial charge in [-0.05, 0) is 13.3 Å². The first-order valence-corrected chi connectivity index (χ1v) is 10.5. The molecule has 5 N–H and O–H groups in total. The zero-order chi connectivity index (χ0) is 22.6. The first kappa shape index (κ1) is 26.6. The fourth-order valence-corrected chi connectivity index (χ4v) is 2.90. The molecular formula is C20H36O10. The highest BCUT2D eigenvalue weighted by Crippen LogP contribution is 2.37. The SMILES string of the molecule is CCCCCCCCOC(CO)COC1=C(O)C(=O)O[C@]1(OCC(C)O)[C@@H](O)CO. The van der Waals surface area contributed by atoms with Gasteiger partial charge in [0.1, 0.15) is 12.7 Å². The van der Waals surface area contributed by atoms with Crippen LogP contribution in [0, 0.1) is 0 Å². The van der Waals surface area contributed by atoms with E-state index >= 15 is 0 Å². The third-order valence-electron chi connectivity index (χ3n) is 4.59. The van der Waals surface area contributed by atoms with Crippen molar-refractivity contribution in [3.8, 4) is 0 Å². The van der Waals surface area contributed by atoms with Crippen LogP contribution in [0.15, 0.2) is 11.5 Å². The summed E-state index contributed by atoms with van der Waals surface area (Å²) in [7, 11) is 0. The van der Waals surface area contributed by atoms with E-state index in [4.69, 9.17) is 18.9 Å². The Morgan fingerprint density at radius 1 is 1.03 bits per heavy atom. The number of hydrogen-bond donors (Lipinski definition) is 5. The number of cyclic esters (lactones) is 1. The highest BCUT2D eigenvalue weighted by molar-refractivity contribution is 5.89. The number of unbranched alkanes of at least 4 members (excludes halogenated alkanes) is 5. The van der Waals surface area contributed by atoms with E-state index in [0.29, 0.717) is 6.61 Å². The largest absolute Gasteiger partial charge is 0.499 e. The molecule has 0 saturated heterocycles. The van der Waals surface area contributed by atoms with Gasteiger partial charge in [0.05, 0.1) is 25.9 Å². The van der Waals surface area contributed by atoms with Crippen molar-refractivity contribution in [1.29, 1.82) is 0 Å². The van der Waals surface area contributed by atoms with Crippen LogP contribution < -0.4 is 0 Å². The quantitative estimate of drug-likeness (QED) is 0.161. The van der Waals surface area contributed by atoms with Gasteiger partial charge in [-0.3, -0.25) is 0 Å². The molecule has 0 aromatic carbocycles. The number of carbonyl (C=O) groups excluding carboxylic acids is 1. The van der Waals surface area contributed by atoms with Crippen LogP contribution in [0.5, 0.6) is 0 Å². The average molecular weight is 436 g/mol. The molecule has 10 nitrogen and oxygen atoms in total. The maximum atomic E-state index is 11.9. The molecule has 0 saturated carbocycles. The third-order valence-corrected chi connectivity index (χ3v) is 4.59. The molecule has 0 amide bonds. The van der Waals surface area contributed by atoms with Crippen molar-refractivity contribution < 1.29 is 49.3 Å². The lowest BCUT2D eigenvalue weighted by molar-refractivity contribution is -0.266. The molecule has 176 valence electrons. The lowest BCUT2D eigenvalue weighted by Crippen LogP contribution is -2.51. The lowest BCUT2D eigenvalue weighted by atomic mass is 10.1. The Balaban J connectivity index is 2.69. The predicted octanol–water partition coefficient (Wildman–Crippen LogP) is 0.514. The molecule has 1 aliphatic heterocycles. The standard InChI is InChI=1S/C20H36O10/c1-3-4-5-6-7-8-9-27-15(10-21)13-28-18-17(25)19(26)30-20(18,16(24)11-22)29-12-14(2)23/h14-16,21-25H,3-13H2,1-2H3/t14?,15?,16-,20+/m0/s1. The van der Waals surface area contributed by atoms with Gasteiger partial charge in [-0.15, -0.1) is 0 Å². The van der Waals surface area contributed by atoms with Crippen LogP contribution in [0.4, 0.5) is 0 Å². The van der Waals surface area contributed by atoms with Crippen molar-refractivity contribution in [1.82, 2.24) is 0 Å². The molecule has 0 radical (unpaired) electrons. The van der Waals surface area contributed by atoms with Crippen molar-refractivity contribution >= 4 is 5.97 Å². The van der Waals surface area contributed by atoms with E-state index in [2.05, 4.69) is 6.92 Å². The average Bonchev–Trinajstić information content (AvgIpc) is 2.98. The van der Waals surface area contributed by atoms with Gasteiger partial charge < -0.3 is 44.5 Å². The van der Waals surface area contributed by atoms with E-state index in [1.807, 2.05) is 0 Å². The molecule has 30 heavy (non-hydrogen) atoms. The molecule has 0 spiro atoms. The van der Waals surface area contributed by atoms with Gasteiger partial charge in [0, 0.05) is 6.61 Å². The Morgan fingerprint density at radius 3 is 2.30 bits per heavy atom. The zero-order valence-electron chi connectivity index (χ0n) is 17.8. The normalized spacial score (nSPS) is 22.1. The van der Waals surface area contributed by atoms with Crippen molar-refractivity contribution in [3.05, 3.63) is 11.5 Å². The molecule has 1 heterocycles. The summed E-state index contributed by atoms with van der Waals surface area (Å²) in [4.78, 5) is 11.9. The minimum Gasteiger partial charge on any atom is -0.499 e. The Morgan fingerprint density at radius 2 is 1.70 bits per heavy atom. The minimum atomic E-state index is -2.31. The Labute approximate surface area is 177 Å². The van der Waals surface area contributed by atoms with Gasteiger partial charge in [0.2, 0.25) is 11.5 Å². The molecule has 1 aliphatic rings. The highest BCUT2D eigenvalue weighted by atomic mass is 16.8. The Hall–Kier alpha value is -1.43. The number of hydrogen-bond acceptors (Lipinski definition) is 10. The van der Waals surface area contributed by atoms with Crippen LogP contribution in [0.2, 0.25) is 0 Å². The smallest absolute Gasteiger partial charge is 0.380 e. The highest BCUT2D eigenvalue weighted by Gasteiger charge is 2.57. The number of ether oxygens (including phenoxy) is 4. The van der Waals surface area contributed by atoms with Gasteiger partial charge in [0.25, 0.3) is 0 Å². The summed E-state index contributed by atoms with van der Waals surface area (Å²) >= 11 is 0. The van der Waals surface area contributed by atoms with Crippen molar-refractivity contribution in [3.63, 3.8) is 0 Å². The lowest BCUT2D eigenvalue weighted by Gasteiger charge is -2.33. The van der Waals surface area contributed by atoms with Crippen LogP contribution in [0.1, 0.15) is 52.4 Å². The summed E-state index contributed by atoms with van der Waals surface area (Å²) in [5.74, 6) is -5.00. The van der Waals surface area contributed by atoms with Gasteiger partial charge in [-0.2, -0.15) is 0 Å². The molecule has 2 unspecified atom stereocenters. The van der Waals surface area contributed by atoms with Crippen molar-refractivity contribution in [2.45, 2.75) is 76.5 Å². The van der Waals surface area contributed by atoms with Crippen LogP contribution in [-0.2, 0) is 23.7 Å². The summed E-state index contributed by atoms with van der Waals surface area (Å²) < 4.78 is 21.3. The summed E-state index contributed by atoms with van der Waals surface area (Å²) in [6.07, 6.45) is 2.96. The fraction of sp³-hybridized carbons (Fsp3) is 0.850. The van der Waals surface area contributed by atoms with Crippen molar-refractivity contribution in [2.24, 2.45) is 0 Å². The molecule has 0 aliphatic carbocycles. The number of esters is 1. The van der Waals surface area contributed by atoms with E-state index in [0.717, 1.165) is 19.3 Å². The topological polar surface area (TPSA) is 155 Å². The molecule has 0 fully saturated rings. The third kappa shape index (κ3) is 7.68. The van der Waals surface area contributed by atoms with Gasteiger partial charge in [0.15, 0.2) is 6.10 Å². The minimum absolute atomic E-state index is 0.264. The Kier molecular flexibility index (Phi) is 12.2. The van der Waals surface area contributed by atoms with Gasteiger partial charge in [-0.1, -0.05) is 39.0 Å². The maximum absolute atomic E-state index is 11.9. The van der Waals surface area contributed by atoms with Crippen LogP contribution in [0.25, 0.3) is 0 Å². The predicted molar refractivity (Wildman–Crippen MR) is 105 cm³/mol. The van der Waals surface area contributed by atoms with E-state index < -0.39 is 48.2 Å².